The highest BCUT2D eigenvalue weighted by atomic mass is 16.3. The van der Waals surface area contributed by atoms with E-state index in [9.17, 15) is 5.11 Å². The summed E-state index contributed by atoms with van der Waals surface area (Å²) in [7, 11) is 0. The van der Waals surface area contributed by atoms with Crippen LogP contribution in [0.1, 0.15) is 52.4 Å². The first-order chi connectivity index (χ1) is 7.68. The van der Waals surface area contributed by atoms with Crippen LogP contribution in [0.15, 0.2) is 0 Å². The minimum Gasteiger partial charge on any atom is -0.393 e. The molecule has 3 rings (SSSR count). The number of fused-ring (bicyclic) bond motifs is 1. The molecule has 0 saturated heterocycles. The highest BCUT2D eigenvalue weighted by molar-refractivity contribution is 5.05. The summed E-state index contributed by atoms with van der Waals surface area (Å²) in [5, 5.41) is 10.5. The molecule has 0 heterocycles. The Morgan fingerprint density at radius 2 is 1.62 bits per heavy atom. The van der Waals surface area contributed by atoms with Gasteiger partial charge in [0.1, 0.15) is 0 Å². The monoisotopic (exact) mass is 222 g/mol. The molecule has 0 aliphatic heterocycles. The molecule has 3 aliphatic carbocycles. The average molecular weight is 222 g/mol. The third-order valence-electron chi connectivity index (χ3n) is 5.99. The van der Waals surface area contributed by atoms with Crippen molar-refractivity contribution in [3.63, 3.8) is 0 Å². The Kier molecular flexibility index (Phi) is 2.78. The Balaban J connectivity index is 1.57. The molecule has 0 aromatic heterocycles. The second-order valence-electron chi connectivity index (χ2n) is 6.85. The molecule has 1 nitrogen and oxygen atoms in total. The summed E-state index contributed by atoms with van der Waals surface area (Å²) < 4.78 is 0. The van der Waals surface area contributed by atoms with Crippen molar-refractivity contribution < 1.29 is 5.11 Å². The van der Waals surface area contributed by atoms with Crippen LogP contribution in [0.4, 0.5) is 0 Å². The molecule has 6 unspecified atom stereocenters. The van der Waals surface area contributed by atoms with Crippen LogP contribution in [0.5, 0.6) is 0 Å². The quantitative estimate of drug-likeness (QED) is 0.758. The van der Waals surface area contributed by atoms with Gasteiger partial charge in [0.05, 0.1) is 6.10 Å². The molecule has 0 amide bonds. The Morgan fingerprint density at radius 1 is 0.938 bits per heavy atom. The smallest absolute Gasteiger partial charge is 0.0602 e. The zero-order chi connectivity index (χ0) is 11.3. The van der Waals surface area contributed by atoms with Crippen molar-refractivity contribution in [2.75, 3.05) is 0 Å². The van der Waals surface area contributed by atoms with Crippen molar-refractivity contribution in [2.24, 2.45) is 35.5 Å². The molecule has 1 N–H and O–H groups in total. The summed E-state index contributed by atoms with van der Waals surface area (Å²) in [5.74, 6) is 4.88. The van der Waals surface area contributed by atoms with Crippen LogP contribution in [0.25, 0.3) is 0 Å². The zero-order valence-corrected chi connectivity index (χ0v) is 10.7. The molecule has 16 heavy (non-hydrogen) atoms. The van der Waals surface area contributed by atoms with Gasteiger partial charge in [-0.15, -0.1) is 0 Å². The molecule has 6 atom stereocenters. The van der Waals surface area contributed by atoms with Gasteiger partial charge in [0, 0.05) is 0 Å². The normalized spacial score (nSPS) is 53.4. The molecular weight excluding hydrogens is 196 g/mol. The van der Waals surface area contributed by atoms with E-state index in [0.717, 1.165) is 23.7 Å². The maximum absolute atomic E-state index is 10.5. The van der Waals surface area contributed by atoms with Crippen LogP contribution in [-0.2, 0) is 0 Å². The molecule has 0 bridgehead atoms. The van der Waals surface area contributed by atoms with E-state index in [2.05, 4.69) is 13.8 Å². The van der Waals surface area contributed by atoms with E-state index in [4.69, 9.17) is 0 Å². The van der Waals surface area contributed by atoms with Crippen molar-refractivity contribution in [2.45, 2.75) is 58.5 Å². The average Bonchev–Trinajstić information content (AvgIpc) is 2.74. The molecular formula is C15H26O. The predicted molar refractivity (Wildman–Crippen MR) is 66.0 cm³/mol. The molecule has 3 aliphatic rings. The number of rotatable bonds is 2. The summed E-state index contributed by atoms with van der Waals surface area (Å²) in [4.78, 5) is 0. The minimum atomic E-state index is 0.0465. The third-order valence-corrected chi connectivity index (χ3v) is 5.99. The highest BCUT2D eigenvalue weighted by Gasteiger charge is 2.57. The van der Waals surface area contributed by atoms with Crippen molar-refractivity contribution in [1.29, 1.82) is 0 Å². The van der Waals surface area contributed by atoms with E-state index in [1.54, 1.807) is 0 Å². The van der Waals surface area contributed by atoms with Crippen LogP contribution in [0.3, 0.4) is 0 Å². The first-order valence-corrected chi connectivity index (χ1v) is 7.36. The first kappa shape index (κ1) is 11.1. The summed E-state index contributed by atoms with van der Waals surface area (Å²) in [6.07, 6.45) is 8.18. The van der Waals surface area contributed by atoms with Gasteiger partial charge in [0.2, 0.25) is 0 Å². The molecule has 0 aromatic carbocycles. The highest BCUT2D eigenvalue weighted by Crippen LogP contribution is 2.60. The van der Waals surface area contributed by atoms with E-state index >= 15 is 0 Å². The molecule has 0 spiro atoms. The Bertz CT molecular complexity index is 252. The lowest BCUT2D eigenvalue weighted by molar-refractivity contribution is 0.0322. The topological polar surface area (TPSA) is 20.2 Å². The van der Waals surface area contributed by atoms with Crippen LogP contribution in [-0.4, -0.2) is 11.2 Å². The Labute approximate surface area is 99.6 Å². The van der Waals surface area contributed by atoms with Gasteiger partial charge in [-0.25, -0.2) is 0 Å². The number of hydrogen-bond acceptors (Lipinski definition) is 1. The molecule has 3 fully saturated rings. The molecule has 1 heteroatoms. The van der Waals surface area contributed by atoms with Crippen LogP contribution in [0.2, 0.25) is 0 Å². The Morgan fingerprint density at radius 3 is 2.25 bits per heavy atom. The fraction of sp³-hybridized carbons (Fsp3) is 1.00. The maximum Gasteiger partial charge on any atom is 0.0602 e. The second kappa shape index (κ2) is 4.01. The van der Waals surface area contributed by atoms with Crippen molar-refractivity contribution in [1.82, 2.24) is 0 Å². The van der Waals surface area contributed by atoms with Gasteiger partial charge in [0.15, 0.2) is 0 Å². The van der Waals surface area contributed by atoms with Gasteiger partial charge in [-0.3, -0.25) is 0 Å². The van der Waals surface area contributed by atoms with Crippen LogP contribution in [0, 0.1) is 35.5 Å². The van der Waals surface area contributed by atoms with Crippen molar-refractivity contribution in [3.05, 3.63) is 0 Å². The number of aliphatic hydroxyl groups is 1. The number of hydrogen-bond donors (Lipinski definition) is 1. The van der Waals surface area contributed by atoms with E-state index in [1.165, 1.54) is 38.5 Å². The van der Waals surface area contributed by atoms with E-state index in [-0.39, 0.29) is 6.10 Å². The van der Waals surface area contributed by atoms with Gasteiger partial charge in [-0.05, 0) is 61.2 Å². The lowest BCUT2D eigenvalue weighted by Gasteiger charge is -2.35. The van der Waals surface area contributed by atoms with E-state index in [0.29, 0.717) is 11.8 Å². The van der Waals surface area contributed by atoms with E-state index < -0.39 is 0 Å². The fourth-order valence-corrected chi connectivity index (χ4v) is 4.60. The summed E-state index contributed by atoms with van der Waals surface area (Å²) in [5.41, 5.74) is 0. The van der Waals surface area contributed by atoms with Crippen molar-refractivity contribution >= 4 is 0 Å². The summed E-state index contributed by atoms with van der Waals surface area (Å²) in [6.45, 7) is 4.75. The molecule has 3 saturated carbocycles. The van der Waals surface area contributed by atoms with Gasteiger partial charge < -0.3 is 5.11 Å². The maximum atomic E-state index is 10.5. The second-order valence-corrected chi connectivity index (χ2v) is 6.85. The van der Waals surface area contributed by atoms with Crippen LogP contribution >= 0.6 is 0 Å². The zero-order valence-electron chi connectivity index (χ0n) is 10.7. The third kappa shape index (κ3) is 1.72. The lowest BCUT2D eigenvalue weighted by atomic mass is 9.72. The molecule has 92 valence electrons. The lowest BCUT2D eigenvalue weighted by Crippen LogP contribution is -2.31. The van der Waals surface area contributed by atoms with E-state index in [1.807, 2.05) is 0 Å². The molecule has 0 radical (unpaired) electrons. The summed E-state index contributed by atoms with van der Waals surface area (Å²) >= 11 is 0. The van der Waals surface area contributed by atoms with Crippen molar-refractivity contribution in [3.8, 4) is 0 Å². The van der Waals surface area contributed by atoms with Gasteiger partial charge in [0.25, 0.3) is 0 Å². The Hall–Kier alpha value is -0.0400. The van der Waals surface area contributed by atoms with Gasteiger partial charge >= 0.3 is 0 Å². The summed E-state index contributed by atoms with van der Waals surface area (Å²) in [6, 6.07) is 0. The van der Waals surface area contributed by atoms with Gasteiger partial charge in [-0.2, -0.15) is 0 Å². The molecule has 0 aromatic rings. The SMILES string of the molecule is CC1CCC(C(O)C2C3CCCC32)CC1C. The largest absolute Gasteiger partial charge is 0.393 e. The standard InChI is InChI=1S/C15H26O/c1-9-6-7-11(8-10(9)2)15(16)14-12-4-3-5-13(12)14/h9-16H,3-8H2,1-2H3. The minimum absolute atomic E-state index is 0.0465. The predicted octanol–water partition coefficient (Wildman–Crippen LogP) is 3.47. The number of aliphatic hydroxyl groups excluding tert-OH is 1. The van der Waals surface area contributed by atoms with Gasteiger partial charge in [-0.1, -0.05) is 26.7 Å². The fourth-order valence-electron chi connectivity index (χ4n) is 4.60. The van der Waals surface area contributed by atoms with Crippen LogP contribution < -0.4 is 0 Å². The first-order valence-electron chi connectivity index (χ1n) is 7.36.